The van der Waals surface area contributed by atoms with Gasteiger partial charge in [-0.2, -0.15) is 0 Å². The number of morpholine rings is 1. The second kappa shape index (κ2) is 8.35. The van der Waals surface area contributed by atoms with Gasteiger partial charge in [0.15, 0.2) is 0 Å². The largest absolute Gasteiger partial charge is 0.379 e. The number of carbonyl (C=O) groups is 1. The molecule has 1 aliphatic heterocycles. The van der Waals surface area contributed by atoms with Crippen molar-refractivity contribution < 1.29 is 9.53 Å². The smallest absolute Gasteiger partial charge is 0.244 e. The Kier molecular flexibility index (Phi) is 6.46. The maximum atomic E-state index is 11.9. The van der Waals surface area contributed by atoms with Crippen LogP contribution in [0, 0.1) is 0 Å². The van der Waals surface area contributed by atoms with Gasteiger partial charge in [0, 0.05) is 31.2 Å². The number of amides is 1. The number of hydrogen-bond acceptors (Lipinski definition) is 3. The Morgan fingerprint density at radius 1 is 1.19 bits per heavy atom. The molecular weight excluding hydrogens is 264 g/mol. The van der Waals surface area contributed by atoms with Crippen LogP contribution in [-0.2, 0) is 9.53 Å². The Hall–Kier alpha value is -1.13. The maximum Gasteiger partial charge on any atom is 0.244 e. The molecule has 2 fully saturated rings. The van der Waals surface area contributed by atoms with Crippen LogP contribution in [0.15, 0.2) is 24.3 Å². The van der Waals surface area contributed by atoms with Gasteiger partial charge in [-0.05, 0) is 19.8 Å². The predicted octanol–water partition coefficient (Wildman–Crippen LogP) is 2.27. The molecule has 2 rings (SSSR count). The summed E-state index contributed by atoms with van der Waals surface area (Å²) in [5.74, 6) is 0.00584. The molecule has 1 heterocycles. The van der Waals surface area contributed by atoms with Gasteiger partial charge < -0.3 is 10.1 Å². The highest BCUT2D eigenvalue weighted by Crippen LogP contribution is 2.33. The molecule has 1 N–H and O–H groups in total. The van der Waals surface area contributed by atoms with Crippen molar-refractivity contribution in [1.82, 2.24) is 10.2 Å². The fourth-order valence-electron chi connectivity index (χ4n) is 3.42. The predicted molar refractivity (Wildman–Crippen MR) is 85.2 cm³/mol. The molecule has 0 aromatic rings. The van der Waals surface area contributed by atoms with E-state index in [4.69, 9.17) is 4.74 Å². The number of nitrogens with one attached hydrogen (secondary N) is 1. The van der Waals surface area contributed by atoms with Crippen LogP contribution in [0.25, 0.3) is 0 Å². The molecule has 1 amide bonds. The van der Waals surface area contributed by atoms with Crippen LogP contribution in [0.1, 0.15) is 39.0 Å². The van der Waals surface area contributed by atoms with Gasteiger partial charge in [-0.3, -0.25) is 9.69 Å². The minimum atomic E-state index is 0.00584. The molecule has 0 atom stereocenters. The van der Waals surface area contributed by atoms with Gasteiger partial charge in [-0.25, -0.2) is 0 Å². The molecule has 0 spiro atoms. The van der Waals surface area contributed by atoms with Crippen molar-refractivity contribution in [2.24, 2.45) is 0 Å². The van der Waals surface area contributed by atoms with Crippen LogP contribution in [0.3, 0.4) is 0 Å². The molecule has 0 unspecified atom stereocenters. The molecule has 1 saturated heterocycles. The van der Waals surface area contributed by atoms with E-state index in [-0.39, 0.29) is 11.4 Å². The van der Waals surface area contributed by atoms with E-state index >= 15 is 0 Å². The second-order valence-corrected chi connectivity index (χ2v) is 5.99. The first-order chi connectivity index (χ1) is 10.3. The highest BCUT2D eigenvalue weighted by atomic mass is 16.5. The summed E-state index contributed by atoms with van der Waals surface area (Å²) < 4.78 is 5.48. The molecule has 1 aliphatic carbocycles. The van der Waals surface area contributed by atoms with Crippen molar-refractivity contribution in [2.75, 3.05) is 32.8 Å². The molecule has 0 radical (unpaired) electrons. The van der Waals surface area contributed by atoms with Crippen molar-refractivity contribution in [2.45, 2.75) is 44.6 Å². The van der Waals surface area contributed by atoms with E-state index in [0.29, 0.717) is 0 Å². The number of carbonyl (C=O) groups excluding carboxylic acids is 1. The van der Waals surface area contributed by atoms with E-state index in [1.54, 1.807) is 12.2 Å². The van der Waals surface area contributed by atoms with Crippen LogP contribution in [0.5, 0.6) is 0 Å². The van der Waals surface area contributed by atoms with Crippen molar-refractivity contribution in [3.63, 3.8) is 0 Å². The average Bonchev–Trinajstić information content (AvgIpc) is 2.55. The topological polar surface area (TPSA) is 41.6 Å². The molecule has 1 saturated carbocycles. The Balaban J connectivity index is 1.94. The highest BCUT2D eigenvalue weighted by Gasteiger charge is 2.38. The van der Waals surface area contributed by atoms with Crippen molar-refractivity contribution in [3.8, 4) is 0 Å². The first-order valence-corrected chi connectivity index (χ1v) is 8.17. The van der Waals surface area contributed by atoms with E-state index < -0.39 is 0 Å². The second-order valence-electron chi connectivity index (χ2n) is 5.99. The molecule has 0 aromatic carbocycles. The summed E-state index contributed by atoms with van der Waals surface area (Å²) in [6.07, 6.45) is 13.4. The third kappa shape index (κ3) is 4.68. The van der Waals surface area contributed by atoms with Crippen LogP contribution in [-0.4, -0.2) is 49.2 Å². The van der Waals surface area contributed by atoms with Gasteiger partial charge in [0.05, 0.1) is 13.2 Å². The molecule has 0 aromatic heterocycles. The first-order valence-electron chi connectivity index (χ1n) is 8.17. The summed E-state index contributed by atoms with van der Waals surface area (Å²) in [6.45, 7) is 6.31. The fraction of sp³-hybridized carbons (Fsp3) is 0.706. The van der Waals surface area contributed by atoms with Gasteiger partial charge in [-0.1, -0.05) is 37.5 Å². The normalized spacial score (nSPS) is 23.7. The van der Waals surface area contributed by atoms with Crippen molar-refractivity contribution >= 4 is 5.91 Å². The van der Waals surface area contributed by atoms with Crippen LogP contribution < -0.4 is 5.32 Å². The third-order valence-electron chi connectivity index (χ3n) is 4.61. The number of allylic oxidation sites excluding steroid dienone is 3. The van der Waals surface area contributed by atoms with Gasteiger partial charge in [-0.15, -0.1) is 0 Å². The molecule has 0 bridgehead atoms. The van der Waals surface area contributed by atoms with Gasteiger partial charge >= 0.3 is 0 Å². The summed E-state index contributed by atoms with van der Waals surface area (Å²) >= 11 is 0. The lowest BCUT2D eigenvalue weighted by atomic mass is 9.79. The van der Waals surface area contributed by atoms with E-state index in [9.17, 15) is 4.79 Å². The SMILES string of the molecule is CC=CC=CC(=O)NCC1(N2CCOCC2)CCCCC1. The van der Waals surface area contributed by atoms with Crippen LogP contribution in [0.2, 0.25) is 0 Å². The first kappa shape index (κ1) is 16.2. The number of ether oxygens (including phenoxy) is 1. The monoisotopic (exact) mass is 292 g/mol. The van der Waals surface area contributed by atoms with Gasteiger partial charge in [0.1, 0.15) is 0 Å². The van der Waals surface area contributed by atoms with Crippen LogP contribution >= 0.6 is 0 Å². The molecule has 21 heavy (non-hydrogen) atoms. The summed E-state index contributed by atoms with van der Waals surface area (Å²) in [5.41, 5.74) is 0.145. The van der Waals surface area contributed by atoms with Gasteiger partial charge in [0.25, 0.3) is 0 Å². The van der Waals surface area contributed by atoms with Crippen molar-refractivity contribution in [3.05, 3.63) is 24.3 Å². The van der Waals surface area contributed by atoms with Crippen LogP contribution in [0.4, 0.5) is 0 Å². The maximum absolute atomic E-state index is 11.9. The number of hydrogen-bond donors (Lipinski definition) is 1. The standard InChI is InChI=1S/C17H28N2O2/c1-2-3-5-8-16(20)18-15-17(9-6-4-7-10-17)19-11-13-21-14-12-19/h2-3,5,8H,4,6-7,9-15H2,1H3,(H,18,20). The summed E-state index contributed by atoms with van der Waals surface area (Å²) in [7, 11) is 0. The average molecular weight is 292 g/mol. The van der Waals surface area contributed by atoms with E-state index in [1.807, 2.05) is 19.1 Å². The van der Waals surface area contributed by atoms with Crippen molar-refractivity contribution in [1.29, 1.82) is 0 Å². The number of nitrogens with zero attached hydrogens (tertiary/aromatic N) is 1. The third-order valence-corrected chi connectivity index (χ3v) is 4.61. The minimum Gasteiger partial charge on any atom is -0.379 e. The lowest BCUT2D eigenvalue weighted by molar-refractivity contribution is -0.117. The lowest BCUT2D eigenvalue weighted by Crippen LogP contribution is -2.59. The zero-order valence-electron chi connectivity index (χ0n) is 13.1. The van der Waals surface area contributed by atoms with E-state index in [0.717, 1.165) is 32.8 Å². The Morgan fingerprint density at radius 3 is 2.57 bits per heavy atom. The highest BCUT2D eigenvalue weighted by molar-refractivity contribution is 5.87. The Labute approximate surface area is 128 Å². The Morgan fingerprint density at radius 2 is 1.90 bits per heavy atom. The molecule has 4 heteroatoms. The summed E-state index contributed by atoms with van der Waals surface area (Å²) in [4.78, 5) is 14.5. The molecular formula is C17H28N2O2. The van der Waals surface area contributed by atoms with E-state index in [1.165, 1.54) is 32.1 Å². The molecule has 2 aliphatic rings. The fourth-order valence-corrected chi connectivity index (χ4v) is 3.42. The van der Waals surface area contributed by atoms with E-state index in [2.05, 4.69) is 10.2 Å². The number of rotatable bonds is 5. The summed E-state index contributed by atoms with van der Waals surface area (Å²) in [6, 6.07) is 0. The minimum absolute atomic E-state index is 0.00584. The Bertz CT molecular complexity index is 378. The molecule has 4 nitrogen and oxygen atoms in total. The lowest BCUT2D eigenvalue weighted by Gasteiger charge is -2.48. The quantitative estimate of drug-likeness (QED) is 0.624. The zero-order valence-corrected chi connectivity index (χ0v) is 13.1. The summed E-state index contributed by atoms with van der Waals surface area (Å²) in [5, 5.41) is 3.11. The molecule has 118 valence electrons. The zero-order chi connectivity index (χ0) is 15.0. The van der Waals surface area contributed by atoms with Gasteiger partial charge in [0.2, 0.25) is 5.91 Å².